The molecule has 5 nitrogen and oxygen atoms in total. The Morgan fingerprint density at radius 3 is 2.31 bits per heavy atom. The van der Waals surface area contributed by atoms with Crippen molar-refractivity contribution in [2.45, 2.75) is 58.7 Å². The lowest BCUT2D eigenvalue weighted by Gasteiger charge is -2.29. The van der Waals surface area contributed by atoms with E-state index < -0.39 is 23.9 Å². The van der Waals surface area contributed by atoms with Gasteiger partial charge in [0.25, 0.3) is 0 Å². The van der Waals surface area contributed by atoms with Crippen molar-refractivity contribution in [1.82, 2.24) is 0 Å². The minimum Gasteiger partial charge on any atom is -0.494 e. The van der Waals surface area contributed by atoms with Gasteiger partial charge in [0.1, 0.15) is 11.5 Å². The van der Waals surface area contributed by atoms with Gasteiger partial charge in [-0.2, -0.15) is 0 Å². The first-order valence-corrected chi connectivity index (χ1v) is 12.2. The van der Waals surface area contributed by atoms with E-state index in [0.29, 0.717) is 25.6 Å². The van der Waals surface area contributed by atoms with Crippen molar-refractivity contribution in [3.8, 4) is 23.3 Å². The fourth-order valence-electron chi connectivity index (χ4n) is 3.62. The summed E-state index contributed by atoms with van der Waals surface area (Å²) < 4.78 is 51.2. The molecule has 0 bridgehead atoms. The van der Waals surface area contributed by atoms with Gasteiger partial charge in [-0.3, -0.25) is 0 Å². The monoisotopic (exact) mass is 486 g/mol. The summed E-state index contributed by atoms with van der Waals surface area (Å²) in [6.07, 6.45) is 5.35. The molecule has 1 aliphatic rings. The molecule has 2 aromatic carbocycles. The van der Waals surface area contributed by atoms with Gasteiger partial charge < -0.3 is 18.9 Å². The summed E-state index contributed by atoms with van der Waals surface area (Å²) in [5, 5.41) is 0. The SMILES string of the molecule is CCCCCOc1ccc(OC(=O)C#Cc2ccc(C3OCC(CCCC)CO3)c(F)c2F)cc1. The van der Waals surface area contributed by atoms with Gasteiger partial charge in [0, 0.05) is 17.4 Å². The van der Waals surface area contributed by atoms with Gasteiger partial charge in [-0.25, -0.2) is 13.6 Å². The quantitative estimate of drug-likeness (QED) is 0.170. The number of carbonyl (C=O) groups is 1. The molecule has 0 radical (unpaired) electrons. The highest BCUT2D eigenvalue weighted by Crippen LogP contribution is 2.30. The van der Waals surface area contributed by atoms with Crippen molar-refractivity contribution >= 4 is 5.97 Å². The maximum Gasteiger partial charge on any atom is 0.390 e. The van der Waals surface area contributed by atoms with E-state index in [2.05, 4.69) is 25.7 Å². The summed E-state index contributed by atoms with van der Waals surface area (Å²) in [6, 6.07) is 9.22. The molecule has 7 heteroatoms. The molecule has 3 rings (SSSR count). The normalized spacial score (nSPS) is 17.4. The Bertz CT molecular complexity index is 1020. The van der Waals surface area contributed by atoms with E-state index in [1.54, 1.807) is 24.3 Å². The fourth-order valence-corrected chi connectivity index (χ4v) is 3.62. The Morgan fingerprint density at radius 2 is 1.63 bits per heavy atom. The zero-order chi connectivity index (χ0) is 25.0. The molecule has 35 heavy (non-hydrogen) atoms. The van der Waals surface area contributed by atoms with Crippen LogP contribution in [0.15, 0.2) is 36.4 Å². The molecule has 1 aliphatic heterocycles. The maximum absolute atomic E-state index is 14.7. The number of halogens is 2. The summed E-state index contributed by atoms with van der Waals surface area (Å²) in [5.74, 6) is 2.59. The van der Waals surface area contributed by atoms with Gasteiger partial charge in [-0.05, 0) is 49.2 Å². The molecule has 0 amide bonds. The molecule has 188 valence electrons. The number of ether oxygens (including phenoxy) is 4. The van der Waals surface area contributed by atoms with Crippen LogP contribution in [0.5, 0.6) is 11.5 Å². The van der Waals surface area contributed by atoms with Crippen LogP contribution in [0.4, 0.5) is 8.78 Å². The van der Waals surface area contributed by atoms with Gasteiger partial charge in [-0.15, -0.1) is 0 Å². The zero-order valence-electron chi connectivity index (χ0n) is 20.3. The molecule has 0 aliphatic carbocycles. The highest BCUT2D eigenvalue weighted by molar-refractivity contribution is 5.90. The van der Waals surface area contributed by atoms with E-state index in [4.69, 9.17) is 18.9 Å². The van der Waals surface area contributed by atoms with Crippen molar-refractivity contribution in [2.24, 2.45) is 5.92 Å². The minimum absolute atomic E-state index is 0.0263. The molecule has 0 saturated carbocycles. The molecule has 0 atom stereocenters. The molecular weight excluding hydrogens is 454 g/mol. The highest BCUT2D eigenvalue weighted by Gasteiger charge is 2.27. The molecular formula is C28H32F2O5. The second-order valence-electron chi connectivity index (χ2n) is 8.50. The Labute approximate surface area is 205 Å². The summed E-state index contributed by atoms with van der Waals surface area (Å²) in [6.45, 7) is 5.72. The van der Waals surface area contributed by atoms with Crippen LogP contribution in [0.25, 0.3) is 0 Å². The van der Waals surface area contributed by atoms with E-state index in [1.165, 1.54) is 12.1 Å². The smallest absolute Gasteiger partial charge is 0.390 e. The number of unbranched alkanes of at least 4 members (excludes halogenated alkanes) is 3. The summed E-state index contributed by atoms with van der Waals surface area (Å²) in [7, 11) is 0. The highest BCUT2D eigenvalue weighted by atomic mass is 19.2. The first kappa shape index (κ1) is 26.7. The molecule has 2 aromatic rings. The largest absolute Gasteiger partial charge is 0.494 e. The fraction of sp³-hybridized carbons (Fsp3) is 0.464. The van der Waals surface area contributed by atoms with Crippen molar-refractivity contribution in [3.63, 3.8) is 0 Å². The lowest BCUT2D eigenvalue weighted by Crippen LogP contribution is -2.27. The van der Waals surface area contributed by atoms with E-state index in [0.717, 1.165) is 38.5 Å². The summed E-state index contributed by atoms with van der Waals surface area (Å²) in [4.78, 5) is 12.0. The number of esters is 1. The van der Waals surface area contributed by atoms with Crippen LogP contribution in [0.3, 0.4) is 0 Å². The van der Waals surface area contributed by atoms with Gasteiger partial charge in [0.15, 0.2) is 17.9 Å². The predicted octanol–water partition coefficient (Wildman–Crippen LogP) is 6.34. The molecule has 1 fully saturated rings. The number of carbonyl (C=O) groups excluding carboxylic acids is 1. The topological polar surface area (TPSA) is 54.0 Å². The standard InChI is InChI=1S/C28H32F2O5/c1-3-5-7-17-32-22-11-13-23(14-12-22)35-25(31)16-10-21-9-15-24(27(30)26(21)29)28-33-18-20(19-34-28)8-6-4-2/h9,11-15,20,28H,3-8,17-19H2,1-2H3. The molecule has 1 saturated heterocycles. The Kier molecular flexibility index (Phi) is 10.5. The number of rotatable bonds is 10. The maximum atomic E-state index is 14.7. The van der Waals surface area contributed by atoms with Gasteiger partial charge in [-0.1, -0.05) is 45.5 Å². The van der Waals surface area contributed by atoms with Crippen molar-refractivity contribution < 1.29 is 32.5 Å². The first-order valence-electron chi connectivity index (χ1n) is 12.2. The van der Waals surface area contributed by atoms with E-state index in [1.807, 2.05) is 0 Å². The minimum atomic E-state index is -1.16. The molecule has 0 unspecified atom stereocenters. The van der Waals surface area contributed by atoms with Gasteiger partial charge in [0.2, 0.25) is 0 Å². The van der Waals surface area contributed by atoms with E-state index in [-0.39, 0.29) is 22.8 Å². The Balaban J connectivity index is 1.55. The summed E-state index contributed by atoms with van der Waals surface area (Å²) >= 11 is 0. The molecule has 0 N–H and O–H groups in total. The third-order valence-electron chi connectivity index (χ3n) is 5.65. The van der Waals surface area contributed by atoms with Gasteiger partial charge in [0.05, 0.1) is 25.4 Å². The van der Waals surface area contributed by atoms with Crippen LogP contribution in [0.1, 0.15) is 69.8 Å². The average Bonchev–Trinajstić information content (AvgIpc) is 2.87. The second kappa shape index (κ2) is 13.8. The third-order valence-corrected chi connectivity index (χ3v) is 5.65. The van der Waals surface area contributed by atoms with Crippen LogP contribution in [0.2, 0.25) is 0 Å². The van der Waals surface area contributed by atoms with Crippen LogP contribution < -0.4 is 9.47 Å². The third kappa shape index (κ3) is 8.05. The van der Waals surface area contributed by atoms with Crippen LogP contribution >= 0.6 is 0 Å². The molecule has 1 heterocycles. The zero-order valence-corrected chi connectivity index (χ0v) is 20.3. The van der Waals surface area contributed by atoms with Crippen LogP contribution in [-0.2, 0) is 14.3 Å². The van der Waals surface area contributed by atoms with Crippen molar-refractivity contribution in [1.29, 1.82) is 0 Å². The Hall–Kier alpha value is -2.95. The predicted molar refractivity (Wildman–Crippen MR) is 128 cm³/mol. The van der Waals surface area contributed by atoms with Crippen molar-refractivity contribution in [2.75, 3.05) is 19.8 Å². The Morgan fingerprint density at radius 1 is 0.943 bits per heavy atom. The molecule has 0 spiro atoms. The van der Waals surface area contributed by atoms with Crippen molar-refractivity contribution in [3.05, 3.63) is 59.2 Å². The number of hydrogen-bond donors (Lipinski definition) is 0. The lowest BCUT2D eigenvalue weighted by atomic mass is 10.0. The number of benzene rings is 2. The van der Waals surface area contributed by atoms with E-state index >= 15 is 0 Å². The van der Waals surface area contributed by atoms with Crippen LogP contribution in [0, 0.1) is 29.4 Å². The number of hydrogen-bond acceptors (Lipinski definition) is 5. The molecule has 0 aromatic heterocycles. The second-order valence-corrected chi connectivity index (χ2v) is 8.50. The summed E-state index contributed by atoms with van der Waals surface area (Å²) in [5.41, 5.74) is -0.280. The average molecular weight is 487 g/mol. The lowest BCUT2D eigenvalue weighted by molar-refractivity contribution is -0.207. The van der Waals surface area contributed by atoms with Gasteiger partial charge >= 0.3 is 5.97 Å². The van der Waals surface area contributed by atoms with E-state index in [9.17, 15) is 13.6 Å². The first-order chi connectivity index (χ1) is 17.0. The van der Waals surface area contributed by atoms with Crippen LogP contribution in [-0.4, -0.2) is 25.8 Å².